The molecule has 0 atom stereocenters. The van der Waals surface area contributed by atoms with Crippen molar-refractivity contribution in [2.45, 2.75) is 6.42 Å². The molecule has 2 aromatic heterocycles. The third kappa shape index (κ3) is 3.75. The van der Waals surface area contributed by atoms with Gasteiger partial charge in [0.25, 0.3) is 5.91 Å². The van der Waals surface area contributed by atoms with Crippen molar-refractivity contribution in [2.24, 2.45) is 5.73 Å². The number of carbonyl (C=O) groups is 2. The summed E-state index contributed by atoms with van der Waals surface area (Å²) in [4.78, 5) is 28.6. The number of carbonyl (C=O) groups excluding carboxylic acids is 2. The molecule has 6 rings (SSSR count). The number of pyridine rings is 1. The van der Waals surface area contributed by atoms with Gasteiger partial charge in [-0.25, -0.2) is 9.67 Å². The first kappa shape index (κ1) is 21.9. The molecule has 2 amide bonds. The molecule has 0 bridgehead atoms. The Hall–Kier alpha value is -4.63. The Morgan fingerprint density at radius 1 is 1.03 bits per heavy atom. The van der Waals surface area contributed by atoms with Gasteiger partial charge in [0.2, 0.25) is 12.7 Å². The number of hydrogen-bond acceptors (Lipinski definition) is 6. The van der Waals surface area contributed by atoms with Crippen LogP contribution in [0.2, 0.25) is 5.15 Å². The van der Waals surface area contributed by atoms with Crippen molar-refractivity contribution >= 4 is 50.8 Å². The van der Waals surface area contributed by atoms with E-state index in [0.717, 1.165) is 27.4 Å². The second kappa shape index (κ2) is 8.54. The van der Waals surface area contributed by atoms with E-state index in [2.05, 4.69) is 10.3 Å². The van der Waals surface area contributed by atoms with E-state index in [1.807, 2.05) is 48.5 Å². The second-order valence-corrected chi connectivity index (χ2v) is 8.59. The highest BCUT2D eigenvalue weighted by Gasteiger charge is 2.20. The van der Waals surface area contributed by atoms with E-state index in [4.69, 9.17) is 31.9 Å². The highest BCUT2D eigenvalue weighted by molar-refractivity contribution is 6.33. The summed E-state index contributed by atoms with van der Waals surface area (Å²) in [5.41, 5.74) is 8.38. The van der Waals surface area contributed by atoms with Crippen molar-refractivity contribution in [3.8, 4) is 17.2 Å². The van der Waals surface area contributed by atoms with Crippen LogP contribution in [0.25, 0.3) is 27.4 Å². The number of halogens is 1. The van der Waals surface area contributed by atoms with Crippen LogP contribution in [0.4, 0.5) is 5.69 Å². The second-order valence-electron chi connectivity index (χ2n) is 8.23. The lowest BCUT2D eigenvalue weighted by Crippen LogP contribution is -2.14. The van der Waals surface area contributed by atoms with Gasteiger partial charge in [-0.1, -0.05) is 29.8 Å². The molecule has 3 N–H and O–H groups in total. The average Bonchev–Trinajstić information content (AvgIpc) is 3.48. The number of ether oxygens (including phenoxy) is 2. The van der Waals surface area contributed by atoms with E-state index in [1.165, 1.54) is 6.20 Å². The Morgan fingerprint density at radius 2 is 1.86 bits per heavy atom. The fourth-order valence-electron chi connectivity index (χ4n) is 4.32. The van der Waals surface area contributed by atoms with Gasteiger partial charge in [-0.15, -0.1) is 0 Å². The number of fused-ring (bicyclic) bond motifs is 4. The van der Waals surface area contributed by atoms with E-state index < -0.39 is 5.91 Å². The summed E-state index contributed by atoms with van der Waals surface area (Å²) in [5.74, 6) is 0.394. The van der Waals surface area contributed by atoms with Crippen molar-refractivity contribution in [3.63, 3.8) is 0 Å². The number of rotatable bonds is 5. The quantitative estimate of drug-likeness (QED) is 0.349. The molecule has 1 aliphatic heterocycles. The lowest BCUT2D eigenvalue weighted by molar-refractivity contribution is -0.117. The van der Waals surface area contributed by atoms with Gasteiger partial charge in [0.15, 0.2) is 11.5 Å². The number of nitrogens with one attached hydrogen (secondary N) is 1. The first-order chi connectivity index (χ1) is 17.5. The Kier molecular flexibility index (Phi) is 5.19. The van der Waals surface area contributed by atoms with Crippen LogP contribution in [0.1, 0.15) is 16.1 Å². The number of benzene rings is 3. The molecule has 0 radical (unpaired) electrons. The molecule has 0 aliphatic carbocycles. The van der Waals surface area contributed by atoms with Gasteiger partial charge in [0.05, 0.1) is 28.9 Å². The summed E-state index contributed by atoms with van der Waals surface area (Å²) < 4.78 is 12.7. The fraction of sp³-hybridized carbons (Fsp3) is 0.0769. The van der Waals surface area contributed by atoms with E-state index in [-0.39, 0.29) is 29.8 Å². The standard InChI is InChI=1S/C26H18ClN5O4/c27-25-18(2-1-9-29-25)26(34)30-15-5-3-14-4-7-17-20(12-23(28)33)31-32(24(17)19(14)10-15)16-6-8-21-22(11-16)36-13-35-21/h1-11H,12-13H2,(H2,28,33)(H,30,34). The fourth-order valence-corrected chi connectivity index (χ4v) is 4.53. The van der Waals surface area contributed by atoms with E-state index in [1.54, 1.807) is 16.8 Å². The van der Waals surface area contributed by atoms with Gasteiger partial charge >= 0.3 is 0 Å². The van der Waals surface area contributed by atoms with Gasteiger partial charge in [0, 0.05) is 28.7 Å². The SMILES string of the molecule is NC(=O)Cc1nn(-c2ccc3c(c2)OCO3)c2c1ccc1ccc(NC(=O)c3cccnc3Cl)cc12. The number of hydrogen-bond donors (Lipinski definition) is 2. The molecule has 0 fully saturated rings. The zero-order chi connectivity index (χ0) is 24.8. The molecule has 1 aliphatic rings. The van der Waals surface area contributed by atoms with Crippen molar-refractivity contribution in [1.82, 2.24) is 14.8 Å². The zero-order valence-corrected chi connectivity index (χ0v) is 19.5. The van der Waals surface area contributed by atoms with E-state index in [0.29, 0.717) is 22.9 Å². The highest BCUT2D eigenvalue weighted by Crippen LogP contribution is 2.36. The summed E-state index contributed by atoms with van der Waals surface area (Å²) in [6.07, 6.45) is 1.50. The smallest absolute Gasteiger partial charge is 0.258 e. The molecule has 178 valence electrons. The van der Waals surface area contributed by atoms with Gasteiger partial charge < -0.3 is 20.5 Å². The molecule has 0 unspecified atom stereocenters. The van der Waals surface area contributed by atoms with Crippen LogP contribution in [0.15, 0.2) is 66.9 Å². The largest absolute Gasteiger partial charge is 0.454 e. The van der Waals surface area contributed by atoms with Crippen LogP contribution in [-0.4, -0.2) is 33.4 Å². The van der Waals surface area contributed by atoms with Crippen LogP contribution >= 0.6 is 11.6 Å². The number of aromatic nitrogens is 3. The number of anilines is 1. The number of amides is 2. The topological polar surface area (TPSA) is 121 Å². The van der Waals surface area contributed by atoms with Crippen molar-refractivity contribution < 1.29 is 19.1 Å². The van der Waals surface area contributed by atoms with Gasteiger partial charge in [-0.2, -0.15) is 5.10 Å². The van der Waals surface area contributed by atoms with E-state index >= 15 is 0 Å². The minimum atomic E-state index is -0.485. The molecule has 0 saturated heterocycles. The van der Waals surface area contributed by atoms with Crippen LogP contribution in [0, 0.1) is 0 Å². The van der Waals surface area contributed by atoms with Crippen LogP contribution in [0.5, 0.6) is 11.5 Å². The zero-order valence-electron chi connectivity index (χ0n) is 18.7. The predicted octanol–water partition coefficient (Wildman–Crippen LogP) is 4.24. The van der Waals surface area contributed by atoms with Gasteiger partial charge in [0.1, 0.15) is 5.15 Å². The Bertz CT molecular complexity index is 1700. The molecule has 0 saturated carbocycles. The maximum Gasteiger partial charge on any atom is 0.258 e. The predicted molar refractivity (Wildman–Crippen MR) is 135 cm³/mol. The first-order valence-corrected chi connectivity index (χ1v) is 11.4. The minimum Gasteiger partial charge on any atom is -0.454 e. The minimum absolute atomic E-state index is 0.0184. The van der Waals surface area contributed by atoms with Crippen molar-refractivity contribution in [2.75, 3.05) is 12.1 Å². The highest BCUT2D eigenvalue weighted by atomic mass is 35.5. The molecule has 9 nitrogen and oxygen atoms in total. The molecule has 5 aromatic rings. The van der Waals surface area contributed by atoms with Crippen LogP contribution in [-0.2, 0) is 11.2 Å². The van der Waals surface area contributed by atoms with Crippen molar-refractivity contribution in [1.29, 1.82) is 0 Å². The number of nitrogens with zero attached hydrogens (tertiary/aromatic N) is 3. The summed E-state index contributed by atoms with van der Waals surface area (Å²) in [7, 11) is 0. The molecular weight excluding hydrogens is 482 g/mol. The van der Waals surface area contributed by atoms with Gasteiger partial charge in [-0.05, 0) is 41.8 Å². The molecule has 3 heterocycles. The molecule has 3 aromatic carbocycles. The maximum absolute atomic E-state index is 12.8. The Labute approximate surface area is 209 Å². The third-order valence-electron chi connectivity index (χ3n) is 5.94. The average molecular weight is 500 g/mol. The first-order valence-electron chi connectivity index (χ1n) is 11.0. The summed E-state index contributed by atoms with van der Waals surface area (Å²) in [6, 6.07) is 18.2. The normalized spacial score (nSPS) is 12.2. The molecule has 36 heavy (non-hydrogen) atoms. The van der Waals surface area contributed by atoms with Crippen molar-refractivity contribution in [3.05, 3.63) is 83.3 Å². The summed E-state index contributed by atoms with van der Waals surface area (Å²) in [6.45, 7) is 0.151. The summed E-state index contributed by atoms with van der Waals surface area (Å²) >= 11 is 6.09. The third-order valence-corrected chi connectivity index (χ3v) is 6.24. The molecule has 0 spiro atoms. The maximum atomic E-state index is 12.8. The number of nitrogens with two attached hydrogens (primary N) is 1. The molecule has 10 heteroatoms. The molecular formula is C26H18ClN5O4. The summed E-state index contributed by atoms with van der Waals surface area (Å²) in [5, 5.41) is 10.3. The Balaban J connectivity index is 1.52. The monoisotopic (exact) mass is 499 g/mol. The van der Waals surface area contributed by atoms with E-state index in [9.17, 15) is 9.59 Å². The Morgan fingerprint density at radius 3 is 2.69 bits per heavy atom. The lowest BCUT2D eigenvalue weighted by atomic mass is 10.0. The van der Waals surface area contributed by atoms with Gasteiger partial charge in [-0.3, -0.25) is 9.59 Å². The van der Waals surface area contributed by atoms with Crippen LogP contribution in [0.3, 0.4) is 0 Å². The lowest BCUT2D eigenvalue weighted by Gasteiger charge is -2.10. The van der Waals surface area contributed by atoms with Crippen LogP contribution < -0.4 is 20.5 Å². The number of primary amides is 1.